The van der Waals surface area contributed by atoms with Gasteiger partial charge in [-0.25, -0.2) is 4.79 Å². The first kappa shape index (κ1) is 11.6. The number of H-pyrrole nitrogens is 1. The van der Waals surface area contributed by atoms with Crippen molar-refractivity contribution >= 4 is 22.5 Å². The summed E-state index contributed by atoms with van der Waals surface area (Å²) in [6.07, 6.45) is 2.05. The van der Waals surface area contributed by atoms with Gasteiger partial charge in [-0.15, -0.1) is 0 Å². The third-order valence-electron chi connectivity index (χ3n) is 2.94. The van der Waals surface area contributed by atoms with Crippen molar-refractivity contribution in [1.29, 1.82) is 0 Å². The quantitative estimate of drug-likeness (QED) is 0.710. The second-order valence-corrected chi connectivity index (χ2v) is 4.11. The molecule has 17 heavy (non-hydrogen) atoms. The average molecular weight is 235 g/mol. The summed E-state index contributed by atoms with van der Waals surface area (Å²) in [4.78, 5) is 13.7. The van der Waals surface area contributed by atoms with E-state index in [0.717, 1.165) is 18.5 Å². The van der Waals surface area contributed by atoms with Crippen molar-refractivity contribution in [2.45, 2.75) is 32.7 Å². The molecule has 0 atom stereocenters. The molecule has 0 aliphatic heterocycles. The van der Waals surface area contributed by atoms with Gasteiger partial charge >= 0.3 is 5.76 Å². The summed E-state index contributed by atoms with van der Waals surface area (Å²) in [5.74, 6) is -0.459. The highest BCUT2D eigenvalue weighted by molar-refractivity contribution is 5.85. The normalized spacial score (nSPS) is 11.2. The number of aromatic amines is 1. The molecular weight excluding hydrogens is 218 g/mol. The molecule has 5 heteroatoms. The molecule has 0 amide bonds. The number of nitrogens with two attached hydrogens (primary N) is 1. The van der Waals surface area contributed by atoms with Crippen molar-refractivity contribution in [3.63, 3.8) is 0 Å². The Labute approximate surface area is 99.0 Å². The number of nitrogen functional groups attached to an aromatic ring is 1. The first-order valence-electron chi connectivity index (χ1n) is 5.83. The van der Waals surface area contributed by atoms with Crippen molar-refractivity contribution in [1.82, 2.24) is 4.98 Å². The van der Waals surface area contributed by atoms with Gasteiger partial charge in [0, 0.05) is 12.1 Å². The maximum absolute atomic E-state index is 11.1. The number of hydrogen-bond donors (Lipinski definition) is 3. The summed E-state index contributed by atoms with van der Waals surface area (Å²) >= 11 is 0. The van der Waals surface area contributed by atoms with Gasteiger partial charge in [0.15, 0.2) is 5.58 Å². The zero-order valence-corrected chi connectivity index (χ0v) is 10.0. The molecule has 0 aliphatic carbocycles. The molecule has 0 radical (unpaired) electrons. The van der Waals surface area contributed by atoms with Crippen LogP contribution in [0.5, 0.6) is 0 Å². The van der Waals surface area contributed by atoms with E-state index in [1.54, 1.807) is 6.07 Å². The minimum absolute atomic E-state index is 0.383. The fourth-order valence-electron chi connectivity index (χ4n) is 1.85. The molecule has 0 aliphatic rings. The van der Waals surface area contributed by atoms with Gasteiger partial charge in [-0.1, -0.05) is 13.8 Å². The highest BCUT2D eigenvalue weighted by Gasteiger charge is 2.09. The fraction of sp³-hybridized carbons (Fsp3) is 0.417. The van der Waals surface area contributed by atoms with Crippen LogP contribution in [0.1, 0.15) is 26.7 Å². The first-order valence-corrected chi connectivity index (χ1v) is 5.83. The number of nitrogens with one attached hydrogen (secondary N) is 2. The molecule has 92 valence electrons. The van der Waals surface area contributed by atoms with Crippen LogP contribution in [0.2, 0.25) is 0 Å². The monoisotopic (exact) mass is 235 g/mol. The molecule has 2 aromatic rings. The molecular formula is C12H17N3O2. The van der Waals surface area contributed by atoms with Crippen molar-refractivity contribution < 1.29 is 4.42 Å². The second kappa shape index (κ2) is 4.53. The molecule has 0 fully saturated rings. The molecule has 4 N–H and O–H groups in total. The predicted molar refractivity (Wildman–Crippen MR) is 69.2 cm³/mol. The summed E-state index contributed by atoms with van der Waals surface area (Å²) in [6.45, 7) is 4.24. The van der Waals surface area contributed by atoms with Gasteiger partial charge in [-0.2, -0.15) is 0 Å². The zero-order chi connectivity index (χ0) is 12.4. The summed E-state index contributed by atoms with van der Waals surface area (Å²) in [7, 11) is 0. The van der Waals surface area contributed by atoms with E-state index in [1.165, 1.54) is 0 Å². The molecule has 1 aromatic heterocycles. The Hall–Kier alpha value is -1.91. The smallest absolute Gasteiger partial charge is 0.408 e. The van der Waals surface area contributed by atoms with E-state index in [0.29, 0.717) is 22.8 Å². The highest BCUT2D eigenvalue weighted by Crippen LogP contribution is 2.25. The number of aromatic nitrogens is 1. The number of rotatable bonds is 4. The van der Waals surface area contributed by atoms with Gasteiger partial charge < -0.3 is 15.5 Å². The minimum Gasteiger partial charge on any atom is -0.408 e. The third kappa shape index (κ3) is 2.27. The number of hydrogen-bond acceptors (Lipinski definition) is 4. The van der Waals surface area contributed by atoms with E-state index < -0.39 is 5.76 Å². The van der Waals surface area contributed by atoms with Crippen LogP contribution in [0.15, 0.2) is 21.3 Å². The lowest BCUT2D eigenvalue weighted by atomic mass is 10.1. The van der Waals surface area contributed by atoms with E-state index in [1.807, 2.05) is 6.07 Å². The SMILES string of the molecule is CCC(CC)Nc1cc2[nH]c(=O)oc2cc1N. The largest absolute Gasteiger partial charge is 0.417 e. The van der Waals surface area contributed by atoms with E-state index in [2.05, 4.69) is 24.1 Å². The van der Waals surface area contributed by atoms with E-state index >= 15 is 0 Å². The van der Waals surface area contributed by atoms with Crippen LogP contribution in [-0.2, 0) is 0 Å². The summed E-state index contributed by atoms with van der Waals surface area (Å²) in [5, 5.41) is 3.36. The number of anilines is 2. The maximum atomic E-state index is 11.1. The summed E-state index contributed by atoms with van der Waals surface area (Å²) in [5.41, 5.74) is 8.49. The highest BCUT2D eigenvalue weighted by atomic mass is 16.4. The van der Waals surface area contributed by atoms with Crippen LogP contribution in [0.25, 0.3) is 11.1 Å². The number of benzene rings is 1. The lowest BCUT2D eigenvalue weighted by molar-refractivity contribution is 0.555. The van der Waals surface area contributed by atoms with Crippen LogP contribution in [0.3, 0.4) is 0 Å². The Bertz CT molecular complexity index is 567. The van der Waals surface area contributed by atoms with Gasteiger partial charge in [0.05, 0.1) is 16.9 Å². The van der Waals surface area contributed by atoms with Gasteiger partial charge in [0.25, 0.3) is 0 Å². The van der Waals surface area contributed by atoms with Crippen molar-refractivity contribution in [3.8, 4) is 0 Å². The number of fused-ring (bicyclic) bond motifs is 1. The maximum Gasteiger partial charge on any atom is 0.417 e. The summed E-state index contributed by atoms with van der Waals surface area (Å²) < 4.78 is 4.94. The first-order chi connectivity index (χ1) is 8.13. The van der Waals surface area contributed by atoms with Crippen LogP contribution in [0, 0.1) is 0 Å². The molecule has 0 bridgehead atoms. The lowest BCUT2D eigenvalue weighted by Crippen LogP contribution is -2.17. The zero-order valence-electron chi connectivity index (χ0n) is 10.0. The average Bonchev–Trinajstić information content (AvgIpc) is 2.65. The fourth-order valence-corrected chi connectivity index (χ4v) is 1.85. The number of oxazole rings is 1. The Balaban J connectivity index is 2.39. The van der Waals surface area contributed by atoms with Gasteiger partial charge in [-0.3, -0.25) is 4.98 Å². The van der Waals surface area contributed by atoms with Crippen molar-refractivity contribution in [2.75, 3.05) is 11.1 Å². The molecule has 0 saturated heterocycles. The summed E-state index contributed by atoms with van der Waals surface area (Å²) in [6, 6.07) is 3.86. The Kier molecular flexibility index (Phi) is 3.08. The Morgan fingerprint density at radius 3 is 2.76 bits per heavy atom. The van der Waals surface area contributed by atoms with Crippen molar-refractivity contribution in [2.24, 2.45) is 0 Å². The van der Waals surface area contributed by atoms with Crippen LogP contribution in [0.4, 0.5) is 11.4 Å². The molecule has 1 aromatic carbocycles. The molecule has 0 saturated carbocycles. The van der Waals surface area contributed by atoms with Crippen LogP contribution in [-0.4, -0.2) is 11.0 Å². The van der Waals surface area contributed by atoms with Gasteiger partial charge in [-0.05, 0) is 18.9 Å². The molecule has 1 heterocycles. The van der Waals surface area contributed by atoms with E-state index in [9.17, 15) is 4.79 Å². The molecule has 0 spiro atoms. The van der Waals surface area contributed by atoms with Crippen LogP contribution < -0.4 is 16.8 Å². The van der Waals surface area contributed by atoms with Gasteiger partial charge in [0.2, 0.25) is 0 Å². The Morgan fingerprint density at radius 2 is 2.12 bits per heavy atom. The lowest BCUT2D eigenvalue weighted by Gasteiger charge is -2.17. The van der Waals surface area contributed by atoms with Crippen molar-refractivity contribution in [3.05, 3.63) is 22.7 Å². The van der Waals surface area contributed by atoms with E-state index in [-0.39, 0.29) is 0 Å². The standard InChI is InChI=1S/C12H17N3O2/c1-3-7(4-2)14-9-6-10-11(5-8(9)13)17-12(16)15-10/h5-7,14H,3-4,13H2,1-2H3,(H,15,16). The van der Waals surface area contributed by atoms with Gasteiger partial charge in [0.1, 0.15) is 0 Å². The Morgan fingerprint density at radius 1 is 1.41 bits per heavy atom. The van der Waals surface area contributed by atoms with Crippen LogP contribution >= 0.6 is 0 Å². The van der Waals surface area contributed by atoms with E-state index in [4.69, 9.17) is 10.2 Å². The molecule has 5 nitrogen and oxygen atoms in total. The topological polar surface area (TPSA) is 84.0 Å². The molecule has 0 unspecified atom stereocenters. The minimum atomic E-state index is -0.459. The molecule has 2 rings (SSSR count). The second-order valence-electron chi connectivity index (χ2n) is 4.11. The third-order valence-corrected chi connectivity index (χ3v) is 2.94. The predicted octanol–water partition coefficient (Wildman–Crippen LogP) is 2.30.